The molecule has 1 heterocycles. The van der Waals surface area contributed by atoms with E-state index in [1.54, 1.807) is 43.6 Å². The van der Waals surface area contributed by atoms with Crippen molar-refractivity contribution >= 4 is 27.9 Å². The lowest BCUT2D eigenvalue weighted by molar-refractivity contribution is -0.125. The van der Waals surface area contributed by atoms with E-state index in [0.717, 1.165) is 21.3 Å². The lowest BCUT2D eigenvalue weighted by atomic mass is 10.2. The van der Waals surface area contributed by atoms with Gasteiger partial charge in [-0.2, -0.15) is 0 Å². The zero-order valence-corrected chi connectivity index (χ0v) is 14.1. The van der Waals surface area contributed by atoms with Gasteiger partial charge in [0.05, 0.1) is 7.11 Å². The fourth-order valence-electron chi connectivity index (χ4n) is 1.97. The number of benzene rings is 1. The van der Waals surface area contributed by atoms with Crippen LogP contribution >= 0.6 is 15.9 Å². The predicted molar refractivity (Wildman–Crippen MR) is 90.4 cm³/mol. The minimum Gasteiger partial charge on any atom is -0.496 e. The number of nitrogens with zero attached hydrogens (tertiary/aromatic N) is 2. The molecular formula is C17H17BrN2O2. The first kappa shape index (κ1) is 16.2. The molecule has 0 spiro atoms. The van der Waals surface area contributed by atoms with Crippen LogP contribution in [0.25, 0.3) is 6.08 Å². The molecule has 0 N–H and O–H groups in total. The second kappa shape index (κ2) is 7.75. The van der Waals surface area contributed by atoms with Gasteiger partial charge in [-0.25, -0.2) is 0 Å². The maximum atomic E-state index is 12.2. The molecule has 0 unspecified atom stereocenters. The van der Waals surface area contributed by atoms with Crippen molar-refractivity contribution in [1.29, 1.82) is 0 Å². The second-order valence-corrected chi connectivity index (χ2v) is 5.69. The number of rotatable bonds is 5. The number of carbonyl (C=O) groups is 1. The molecule has 1 aromatic heterocycles. The largest absolute Gasteiger partial charge is 0.496 e. The van der Waals surface area contributed by atoms with E-state index in [9.17, 15) is 4.79 Å². The van der Waals surface area contributed by atoms with E-state index in [1.165, 1.54) is 0 Å². The Bertz CT molecular complexity index is 672. The van der Waals surface area contributed by atoms with Crippen molar-refractivity contribution in [3.05, 3.63) is 64.4 Å². The van der Waals surface area contributed by atoms with Crippen molar-refractivity contribution in [2.45, 2.75) is 6.54 Å². The normalized spacial score (nSPS) is 10.7. The van der Waals surface area contributed by atoms with Gasteiger partial charge in [0.1, 0.15) is 5.75 Å². The van der Waals surface area contributed by atoms with Gasteiger partial charge in [-0.15, -0.1) is 0 Å². The maximum absolute atomic E-state index is 12.2. The van der Waals surface area contributed by atoms with Gasteiger partial charge in [-0.1, -0.05) is 22.0 Å². The average molecular weight is 361 g/mol. The van der Waals surface area contributed by atoms with Crippen molar-refractivity contribution in [3.63, 3.8) is 0 Å². The Morgan fingerprint density at radius 3 is 2.91 bits per heavy atom. The number of ether oxygens (including phenoxy) is 1. The van der Waals surface area contributed by atoms with E-state index >= 15 is 0 Å². The monoisotopic (exact) mass is 360 g/mol. The van der Waals surface area contributed by atoms with E-state index in [1.807, 2.05) is 30.3 Å². The van der Waals surface area contributed by atoms with Crippen LogP contribution in [-0.4, -0.2) is 29.9 Å². The number of amides is 1. The van der Waals surface area contributed by atoms with E-state index in [-0.39, 0.29) is 5.91 Å². The van der Waals surface area contributed by atoms with Crippen molar-refractivity contribution in [3.8, 4) is 5.75 Å². The molecule has 22 heavy (non-hydrogen) atoms. The third-order valence-electron chi connectivity index (χ3n) is 3.12. The van der Waals surface area contributed by atoms with Gasteiger partial charge >= 0.3 is 0 Å². The molecule has 0 fully saturated rings. The van der Waals surface area contributed by atoms with Crippen LogP contribution in [0.5, 0.6) is 5.75 Å². The second-order valence-electron chi connectivity index (χ2n) is 4.78. The highest BCUT2D eigenvalue weighted by atomic mass is 79.9. The van der Waals surface area contributed by atoms with E-state index in [2.05, 4.69) is 20.9 Å². The summed E-state index contributed by atoms with van der Waals surface area (Å²) in [5.74, 6) is 0.646. The Morgan fingerprint density at radius 1 is 1.41 bits per heavy atom. The lowest BCUT2D eigenvalue weighted by Crippen LogP contribution is -2.24. The number of methoxy groups -OCH3 is 1. The molecule has 0 saturated heterocycles. The number of hydrogen-bond donors (Lipinski definition) is 0. The summed E-state index contributed by atoms with van der Waals surface area (Å²) in [6.07, 6.45) is 6.77. The minimum atomic E-state index is -0.0779. The van der Waals surface area contributed by atoms with Gasteiger partial charge < -0.3 is 9.64 Å². The Kier molecular flexibility index (Phi) is 5.72. The molecule has 1 amide bonds. The SMILES string of the molecule is COc1ccc(Br)cc1/C=C/C(=O)N(C)Cc1cccnc1. The van der Waals surface area contributed by atoms with Gasteiger partial charge in [0.2, 0.25) is 5.91 Å². The Balaban J connectivity index is 2.06. The van der Waals surface area contributed by atoms with Crippen LogP contribution in [0.15, 0.2) is 53.3 Å². The van der Waals surface area contributed by atoms with Crippen molar-refractivity contribution < 1.29 is 9.53 Å². The maximum Gasteiger partial charge on any atom is 0.246 e. The highest BCUT2D eigenvalue weighted by Crippen LogP contribution is 2.24. The van der Waals surface area contributed by atoms with Gasteiger partial charge in [0.25, 0.3) is 0 Å². The smallest absolute Gasteiger partial charge is 0.246 e. The molecule has 0 aliphatic heterocycles. The number of aromatic nitrogens is 1. The summed E-state index contributed by atoms with van der Waals surface area (Å²) >= 11 is 3.41. The predicted octanol–water partition coefficient (Wildman–Crippen LogP) is 3.52. The van der Waals surface area contributed by atoms with Crippen molar-refractivity contribution in [1.82, 2.24) is 9.88 Å². The molecular weight excluding hydrogens is 344 g/mol. The van der Waals surface area contributed by atoms with Crippen LogP contribution in [0.2, 0.25) is 0 Å². The fourth-order valence-corrected chi connectivity index (χ4v) is 2.35. The molecule has 0 radical (unpaired) electrons. The molecule has 4 nitrogen and oxygen atoms in total. The molecule has 2 rings (SSSR count). The Hall–Kier alpha value is -2.14. The van der Waals surface area contributed by atoms with Crippen LogP contribution in [0.4, 0.5) is 0 Å². The molecule has 1 aromatic carbocycles. The number of hydrogen-bond acceptors (Lipinski definition) is 3. The number of carbonyl (C=O) groups excluding carboxylic acids is 1. The van der Waals surface area contributed by atoms with Gasteiger partial charge in [-0.05, 0) is 35.9 Å². The minimum absolute atomic E-state index is 0.0779. The summed E-state index contributed by atoms with van der Waals surface area (Å²) < 4.78 is 6.22. The summed E-state index contributed by atoms with van der Waals surface area (Å²) in [5, 5.41) is 0. The van der Waals surface area contributed by atoms with E-state index in [0.29, 0.717) is 6.54 Å². The number of pyridine rings is 1. The zero-order valence-electron chi connectivity index (χ0n) is 12.5. The molecule has 0 aliphatic carbocycles. The van der Waals surface area contributed by atoms with Crippen molar-refractivity contribution in [2.75, 3.05) is 14.2 Å². The number of likely N-dealkylation sites (N-methyl/N-ethyl adjacent to an activating group) is 1. The van der Waals surface area contributed by atoms with Crippen molar-refractivity contribution in [2.24, 2.45) is 0 Å². The number of halogens is 1. The Labute approximate surface area is 138 Å². The van der Waals surface area contributed by atoms with Crippen LogP contribution in [0.3, 0.4) is 0 Å². The van der Waals surface area contributed by atoms with Crippen LogP contribution < -0.4 is 4.74 Å². The zero-order chi connectivity index (χ0) is 15.9. The third kappa shape index (κ3) is 4.43. The first-order valence-electron chi connectivity index (χ1n) is 6.76. The fraction of sp³-hybridized carbons (Fsp3) is 0.176. The Morgan fingerprint density at radius 2 is 2.23 bits per heavy atom. The summed E-state index contributed by atoms with van der Waals surface area (Å²) in [6, 6.07) is 9.46. The van der Waals surface area contributed by atoms with E-state index in [4.69, 9.17) is 4.74 Å². The standard InChI is InChI=1S/C17H17BrN2O2/c1-20(12-13-4-3-9-19-11-13)17(21)8-5-14-10-15(18)6-7-16(14)22-2/h3-11H,12H2,1-2H3/b8-5+. The molecule has 5 heteroatoms. The quantitative estimate of drug-likeness (QED) is 0.766. The molecule has 0 saturated carbocycles. The topological polar surface area (TPSA) is 42.4 Å². The lowest BCUT2D eigenvalue weighted by Gasteiger charge is -2.14. The summed E-state index contributed by atoms with van der Waals surface area (Å²) in [5.41, 5.74) is 1.84. The summed E-state index contributed by atoms with van der Waals surface area (Å²) in [7, 11) is 3.37. The molecule has 114 valence electrons. The molecule has 2 aromatic rings. The average Bonchev–Trinajstić information content (AvgIpc) is 2.53. The van der Waals surface area contributed by atoms with E-state index < -0.39 is 0 Å². The van der Waals surface area contributed by atoms with Crippen LogP contribution in [0, 0.1) is 0 Å². The molecule has 0 aliphatic rings. The summed E-state index contributed by atoms with van der Waals surface area (Å²) in [4.78, 5) is 17.9. The van der Waals surface area contributed by atoms with Gasteiger partial charge in [-0.3, -0.25) is 9.78 Å². The third-order valence-corrected chi connectivity index (χ3v) is 3.61. The summed E-state index contributed by atoms with van der Waals surface area (Å²) in [6.45, 7) is 0.520. The van der Waals surface area contributed by atoms with Gasteiger partial charge in [0.15, 0.2) is 0 Å². The highest BCUT2D eigenvalue weighted by molar-refractivity contribution is 9.10. The van der Waals surface area contributed by atoms with Crippen LogP contribution in [0.1, 0.15) is 11.1 Å². The molecule has 0 atom stereocenters. The first-order chi connectivity index (χ1) is 10.6. The first-order valence-corrected chi connectivity index (χ1v) is 7.55. The molecule has 0 bridgehead atoms. The van der Waals surface area contributed by atoms with Gasteiger partial charge in [0, 0.05) is 42.1 Å². The highest BCUT2D eigenvalue weighted by Gasteiger charge is 2.07. The van der Waals surface area contributed by atoms with Crippen LogP contribution in [-0.2, 0) is 11.3 Å².